The lowest BCUT2D eigenvalue weighted by molar-refractivity contribution is -0.117. The van der Waals surface area contributed by atoms with E-state index >= 15 is 0 Å². The third-order valence-electron chi connectivity index (χ3n) is 6.22. The van der Waals surface area contributed by atoms with Gasteiger partial charge in [-0.15, -0.1) is 0 Å². The second kappa shape index (κ2) is 10.7. The molecule has 3 aromatic rings. The summed E-state index contributed by atoms with van der Waals surface area (Å²) >= 11 is 0. The second-order valence-corrected chi connectivity index (χ2v) is 8.62. The molecule has 3 heterocycles. The average Bonchev–Trinajstić information content (AvgIpc) is 3.43. The van der Waals surface area contributed by atoms with Crippen LogP contribution in [0.2, 0.25) is 0 Å². The Balaban J connectivity index is 1.26. The molecule has 0 bridgehead atoms. The summed E-state index contributed by atoms with van der Waals surface area (Å²) in [6, 6.07) is 15.5. The van der Waals surface area contributed by atoms with Gasteiger partial charge in [-0.2, -0.15) is 0 Å². The van der Waals surface area contributed by atoms with Crippen molar-refractivity contribution in [3.8, 4) is 17.0 Å². The Morgan fingerprint density at radius 2 is 2.06 bits per heavy atom. The summed E-state index contributed by atoms with van der Waals surface area (Å²) in [7, 11) is 1.71. The highest BCUT2D eigenvalue weighted by Gasteiger charge is 2.22. The van der Waals surface area contributed by atoms with Crippen molar-refractivity contribution in [2.75, 3.05) is 55.5 Å². The first-order valence-corrected chi connectivity index (χ1v) is 11.9. The van der Waals surface area contributed by atoms with Crippen molar-refractivity contribution in [1.82, 2.24) is 15.3 Å². The van der Waals surface area contributed by atoms with Crippen LogP contribution in [0.3, 0.4) is 0 Å². The Labute approximate surface area is 204 Å². The van der Waals surface area contributed by atoms with Gasteiger partial charge in [0.05, 0.1) is 30.6 Å². The number of hydrogen-bond acceptors (Lipinski definition) is 8. The molecule has 1 aromatic heterocycles. The number of carbonyl (C=O) groups excluding carboxylic acids is 1. The first kappa shape index (κ1) is 23.1. The minimum absolute atomic E-state index is 0.0135. The molecule has 1 amide bonds. The van der Waals surface area contributed by atoms with Gasteiger partial charge in [0, 0.05) is 42.9 Å². The van der Waals surface area contributed by atoms with Crippen LogP contribution in [0.1, 0.15) is 12.8 Å². The highest BCUT2D eigenvalue weighted by atomic mass is 16.5. The van der Waals surface area contributed by atoms with E-state index in [2.05, 4.69) is 30.8 Å². The molecule has 9 nitrogen and oxygen atoms in total. The number of ether oxygens (including phenoxy) is 2. The lowest BCUT2D eigenvalue weighted by Crippen LogP contribution is -2.35. The molecule has 1 atom stereocenters. The Hall–Kier alpha value is -3.69. The molecule has 182 valence electrons. The summed E-state index contributed by atoms with van der Waals surface area (Å²) in [6.07, 6.45) is 3.64. The molecule has 2 aliphatic heterocycles. The Bertz CT molecular complexity index is 1160. The Morgan fingerprint density at radius 1 is 1.20 bits per heavy atom. The first-order valence-electron chi connectivity index (χ1n) is 11.9. The van der Waals surface area contributed by atoms with E-state index in [0.29, 0.717) is 19.2 Å². The molecule has 0 aliphatic carbocycles. The van der Waals surface area contributed by atoms with E-state index in [-0.39, 0.29) is 11.9 Å². The lowest BCUT2D eigenvalue weighted by atomic mass is 10.1. The van der Waals surface area contributed by atoms with E-state index in [1.165, 1.54) is 0 Å². The minimum Gasteiger partial charge on any atom is -0.489 e. The molecule has 0 radical (unpaired) electrons. The minimum atomic E-state index is -0.104. The number of nitrogens with one attached hydrogen (secondary N) is 3. The topological polar surface area (TPSA) is 101 Å². The fourth-order valence-electron chi connectivity index (χ4n) is 4.36. The van der Waals surface area contributed by atoms with Gasteiger partial charge >= 0.3 is 0 Å². The number of benzene rings is 2. The van der Waals surface area contributed by atoms with Crippen molar-refractivity contribution >= 4 is 28.9 Å². The van der Waals surface area contributed by atoms with Crippen molar-refractivity contribution in [2.24, 2.45) is 0 Å². The zero-order valence-corrected chi connectivity index (χ0v) is 19.8. The van der Waals surface area contributed by atoms with E-state index < -0.39 is 0 Å². The Morgan fingerprint density at radius 3 is 2.86 bits per heavy atom. The summed E-state index contributed by atoms with van der Waals surface area (Å²) in [4.78, 5) is 23.6. The van der Waals surface area contributed by atoms with Gasteiger partial charge in [-0.05, 0) is 49.7 Å². The molecule has 9 heteroatoms. The molecule has 0 saturated carbocycles. The molecule has 3 N–H and O–H groups in total. The summed E-state index contributed by atoms with van der Waals surface area (Å²) in [5.41, 5.74) is 4.42. The molecule has 0 unspecified atom stereocenters. The molecular formula is C26H30N6O3. The van der Waals surface area contributed by atoms with Gasteiger partial charge < -0.3 is 30.3 Å². The monoisotopic (exact) mass is 474 g/mol. The maximum atomic E-state index is 12.3. The van der Waals surface area contributed by atoms with Crippen LogP contribution in [0.5, 0.6) is 5.75 Å². The van der Waals surface area contributed by atoms with Gasteiger partial charge in [-0.25, -0.2) is 9.97 Å². The van der Waals surface area contributed by atoms with Crippen LogP contribution in [0.25, 0.3) is 11.3 Å². The van der Waals surface area contributed by atoms with Crippen LogP contribution in [-0.4, -0.2) is 61.9 Å². The second-order valence-electron chi connectivity index (χ2n) is 8.62. The van der Waals surface area contributed by atoms with Crippen LogP contribution >= 0.6 is 0 Å². The van der Waals surface area contributed by atoms with Crippen LogP contribution in [0, 0.1) is 0 Å². The Kier molecular flexibility index (Phi) is 7.06. The lowest BCUT2D eigenvalue weighted by Gasteiger charge is -2.31. The number of aromatic nitrogens is 2. The molecule has 5 rings (SSSR count). The van der Waals surface area contributed by atoms with E-state index in [1.807, 2.05) is 48.5 Å². The number of anilines is 4. The number of nitrogens with zero attached hydrogens (tertiary/aromatic N) is 3. The van der Waals surface area contributed by atoms with Gasteiger partial charge in [0.1, 0.15) is 12.4 Å². The maximum Gasteiger partial charge on any atom is 0.241 e. The number of rotatable bonds is 8. The number of hydrogen-bond donors (Lipinski definition) is 3. The van der Waals surface area contributed by atoms with Crippen molar-refractivity contribution < 1.29 is 14.3 Å². The number of amides is 1. The van der Waals surface area contributed by atoms with Crippen molar-refractivity contribution in [3.63, 3.8) is 0 Å². The van der Waals surface area contributed by atoms with Crippen LogP contribution in [0.4, 0.5) is 23.0 Å². The molecule has 1 saturated heterocycles. The number of carbonyl (C=O) groups is 1. The van der Waals surface area contributed by atoms with Gasteiger partial charge in [0.2, 0.25) is 11.9 Å². The van der Waals surface area contributed by atoms with Gasteiger partial charge in [-0.1, -0.05) is 12.1 Å². The van der Waals surface area contributed by atoms with Crippen LogP contribution in [-0.2, 0) is 9.53 Å². The van der Waals surface area contributed by atoms with E-state index in [0.717, 1.165) is 66.5 Å². The third kappa shape index (κ3) is 5.52. The van der Waals surface area contributed by atoms with Crippen molar-refractivity contribution in [1.29, 1.82) is 0 Å². The van der Waals surface area contributed by atoms with Crippen molar-refractivity contribution in [2.45, 2.75) is 18.9 Å². The molecular weight excluding hydrogens is 444 g/mol. The average molecular weight is 475 g/mol. The van der Waals surface area contributed by atoms with Gasteiger partial charge in [0.15, 0.2) is 0 Å². The van der Waals surface area contributed by atoms with Gasteiger partial charge in [-0.3, -0.25) is 4.79 Å². The van der Waals surface area contributed by atoms with E-state index in [4.69, 9.17) is 9.47 Å². The fourth-order valence-corrected chi connectivity index (χ4v) is 4.36. The van der Waals surface area contributed by atoms with Crippen LogP contribution in [0.15, 0.2) is 54.7 Å². The van der Waals surface area contributed by atoms with E-state index in [9.17, 15) is 4.79 Å². The van der Waals surface area contributed by atoms with Gasteiger partial charge in [0.25, 0.3) is 0 Å². The molecule has 2 aliphatic rings. The summed E-state index contributed by atoms with van der Waals surface area (Å²) in [5, 5.41) is 9.47. The predicted molar refractivity (Wildman–Crippen MR) is 136 cm³/mol. The zero-order chi connectivity index (χ0) is 24.0. The summed E-state index contributed by atoms with van der Waals surface area (Å²) in [6.45, 7) is 3.87. The molecule has 2 aromatic carbocycles. The maximum absolute atomic E-state index is 12.3. The van der Waals surface area contributed by atoms with Crippen molar-refractivity contribution in [3.05, 3.63) is 54.7 Å². The fraction of sp³-hybridized carbons (Fsp3) is 0.346. The largest absolute Gasteiger partial charge is 0.489 e. The summed E-state index contributed by atoms with van der Waals surface area (Å²) < 4.78 is 11.1. The normalized spacial score (nSPS) is 16.9. The number of methoxy groups -OCH3 is 1. The number of fused-ring (bicyclic) bond motifs is 1. The third-order valence-corrected chi connectivity index (χ3v) is 6.22. The van der Waals surface area contributed by atoms with E-state index in [1.54, 1.807) is 13.3 Å². The first-order chi connectivity index (χ1) is 17.2. The quantitative estimate of drug-likeness (QED) is 0.457. The SMILES string of the molecule is COCCN1CCOc2cc(Nc3nccc(-c4ccc(NC(=O)[C@H]5CCCN5)cc4)n3)ccc21. The molecule has 0 spiro atoms. The predicted octanol–water partition coefficient (Wildman–Crippen LogP) is 3.42. The smallest absolute Gasteiger partial charge is 0.241 e. The highest BCUT2D eigenvalue weighted by Crippen LogP contribution is 2.34. The molecule has 1 fully saturated rings. The van der Waals surface area contributed by atoms with Crippen LogP contribution < -0.4 is 25.6 Å². The molecule has 35 heavy (non-hydrogen) atoms. The summed E-state index contributed by atoms with van der Waals surface area (Å²) in [5.74, 6) is 1.35. The standard InChI is InChI=1S/C26H30N6O3/c1-34-15-13-32-14-16-35-24-17-20(8-9-23(24)32)30-26-28-12-10-21(31-26)18-4-6-19(7-5-18)29-25(33)22-3-2-11-27-22/h4-10,12,17,22,27H,2-3,11,13-16H2,1H3,(H,29,33)(H,28,30,31)/t22-/m1/s1. The highest BCUT2D eigenvalue weighted by molar-refractivity contribution is 5.95. The zero-order valence-electron chi connectivity index (χ0n) is 19.8.